The van der Waals surface area contributed by atoms with Gasteiger partial charge in [-0.1, -0.05) is 33.1 Å². The van der Waals surface area contributed by atoms with Gasteiger partial charge in [0.05, 0.1) is 6.10 Å². The van der Waals surface area contributed by atoms with Crippen LogP contribution in [-0.2, 0) is 4.74 Å². The third kappa shape index (κ3) is 3.45. The Bertz CT molecular complexity index is 302. The molecule has 2 aliphatic rings. The maximum atomic E-state index is 6.07. The molecule has 0 amide bonds. The molecule has 0 aromatic rings. The highest BCUT2D eigenvalue weighted by Gasteiger charge is 2.55. The van der Waals surface area contributed by atoms with Crippen molar-refractivity contribution in [1.82, 2.24) is 5.32 Å². The van der Waals surface area contributed by atoms with E-state index < -0.39 is 0 Å². The average molecular weight is 314 g/mol. The molecule has 0 aromatic carbocycles. The van der Waals surface area contributed by atoms with Crippen LogP contribution in [0, 0.1) is 5.41 Å². The number of ether oxygens (including phenoxy) is 1. The van der Waals surface area contributed by atoms with Crippen molar-refractivity contribution in [2.45, 2.75) is 89.0 Å². The minimum atomic E-state index is 0.423. The number of hydrogen-bond acceptors (Lipinski definition) is 3. The van der Waals surface area contributed by atoms with Gasteiger partial charge in [-0.15, -0.1) is 0 Å². The Morgan fingerprint density at radius 2 is 1.81 bits per heavy atom. The van der Waals surface area contributed by atoms with E-state index >= 15 is 0 Å². The lowest BCUT2D eigenvalue weighted by atomic mass is 9.55. The number of rotatable bonds is 8. The summed E-state index contributed by atoms with van der Waals surface area (Å²) in [4.78, 5) is 0. The van der Waals surface area contributed by atoms with E-state index in [1.807, 2.05) is 11.8 Å². The van der Waals surface area contributed by atoms with Crippen LogP contribution < -0.4 is 5.32 Å². The third-order valence-corrected chi connectivity index (χ3v) is 7.92. The summed E-state index contributed by atoms with van der Waals surface area (Å²) in [6.07, 6.45) is 13.5. The van der Waals surface area contributed by atoms with Crippen molar-refractivity contribution in [2.24, 2.45) is 5.41 Å². The van der Waals surface area contributed by atoms with Gasteiger partial charge in [-0.25, -0.2) is 0 Å². The molecule has 124 valence electrons. The summed E-state index contributed by atoms with van der Waals surface area (Å²) in [6.45, 7) is 8.85. The zero-order chi connectivity index (χ0) is 15.3. The molecule has 1 N–H and O–H groups in total. The molecule has 0 aromatic heterocycles. The van der Waals surface area contributed by atoms with E-state index in [0.29, 0.717) is 22.3 Å². The second-order valence-electron chi connectivity index (χ2n) is 7.00. The molecule has 3 heteroatoms. The summed E-state index contributed by atoms with van der Waals surface area (Å²) in [7, 11) is 0. The van der Waals surface area contributed by atoms with Gasteiger partial charge in [0.15, 0.2) is 0 Å². The molecule has 0 heterocycles. The molecule has 0 aliphatic heterocycles. The summed E-state index contributed by atoms with van der Waals surface area (Å²) in [5.41, 5.74) is 0.458. The molecule has 2 fully saturated rings. The Labute approximate surface area is 136 Å². The first-order valence-electron chi connectivity index (χ1n) is 9.06. The number of nitrogens with one attached hydrogen (secondary N) is 1. The van der Waals surface area contributed by atoms with E-state index in [1.54, 1.807) is 0 Å². The van der Waals surface area contributed by atoms with Crippen molar-refractivity contribution in [3.8, 4) is 0 Å². The summed E-state index contributed by atoms with van der Waals surface area (Å²) < 4.78 is 6.49. The Balaban J connectivity index is 1.96. The average Bonchev–Trinajstić information content (AvgIpc) is 2.55. The first kappa shape index (κ1) is 17.6. The SMILES string of the molecule is CCOC1CC(NCC(CC)(CC)SC)C12CCCCC2. The fourth-order valence-corrected chi connectivity index (χ4v) is 5.32. The Morgan fingerprint density at radius 1 is 1.14 bits per heavy atom. The molecule has 21 heavy (non-hydrogen) atoms. The molecule has 2 saturated carbocycles. The highest BCUT2D eigenvalue weighted by molar-refractivity contribution is 8.00. The van der Waals surface area contributed by atoms with Gasteiger partial charge in [-0.3, -0.25) is 0 Å². The standard InChI is InChI=1S/C18H35NOS/c1-5-17(6-2,21-4)14-19-15-13-16(20-7-3)18(15)11-9-8-10-12-18/h15-16,19H,5-14H2,1-4H3. The maximum absolute atomic E-state index is 6.07. The minimum absolute atomic E-state index is 0.423. The first-order chi connectivity index (χ1) is 10.2. The van der Waals surface area contributed by atoms with E-state index in [0.717, 1.165) is 13.2 Å². The van der Waals surface area contributed by atoms with Gasteiger partial charge < -0.3 is 10.1 Å². The van der Waals surface area contributed by atoms with Crippen molar-refractivity contribution >= 4 is 11.8 Å². The quantitative estimate of drug-likeness (QED) is 0.706. The topological polar surface area (TPSA) is 21.3 Å². The maximum Gasteiger partial charge on any atom is 0.0661 e. The first-order valence-corrected chi connectivity index (χ1v) is 10.3. The zero-order valence-corrected chi connectivity index (χ0v) is 15.4. The lowest BCUT2D eigenvalue weighted by Crippen LogP contribution is -2.65. The normalized spacial score (nSPS) is 28.6. The van der Waals surface area contributed by atoms with Gasteiger partial charge in [-0.05, 0) is 45.3 Å². The van der Waals surface area contributed by atoms with Crippen LogP contribution in [0.5, 0.6) is 0 Å². The third-order valence-electron chi connectivity index (χ3n) is 6.33. The molecular weight excluding hydrogens is 278 g/mol. The monoisotopic (exact) mass is 313 g/mol. The molecule has 1 spiro atoms. The number of hydrogen-bond donors (Lipinski definition) is 1. The van der Waals surface area contributed by atoms with E-state index in [2.05, 4.69) is 32.3 Å². The van der Waals surface area contributed by atoms with Crippen molar-refractivity contribution in [3.05, 3.63) is 0 Å². The van der Waals surface area contributed by atoms with Crippen molar-refractivity contribution in [3.63, 3.8) is 0 Å². The lowest BCUT2D eigenvalue weighted by Gasteiger charge is -2.58. The molecule has 2 nitrogen and oxygen atoms in total. The summed E-state index contributed by atoms with van der Waals surface area (Å²) in [6, 6.07) is 0.693. The van der Waals surface area contributed by atoms with Crippen LogP contribution in [-0.4, -0.2) is 36.3 Å². The van der Waals surface area contributed by atoms with Crippen LogP contribution in [0.3, 0.4) is 0 Å². The van der Waals surface area contributed by atoms with Crippen molar-refractivity contribution < 1.29 is 4.74 Å². The second-order valence-corrected chi connectivity index (χ2v) is 8.28. The molecule has 2 aliphatic carbocycles. The molecule has 2 unspecified atom stereocenters. The molecule has 2 rings (SSSR count). The fourth-order valence-electron chi connectivity index (χ4n) is 4.52. The van der Waals surface area contributed by atoms with E-state index in [4.69, 9.17) is 4.74 Å². The molecular formula is C18H35NOS. The minimum Gasteiger partial charge on any atom is -0.378 e. The number of thioether (sulfide) groups is 1. The van der Waals surface area contributed by atoms with Crippen LogP contribution in [0.1, 0.15) is 72.1 Å². The molecule has 0 bridgehead atoms. The van der Waals surface area contributed by atoms with Gasteiger partial charge in [-0.2, -0.15) is 11.8 Å². The lowest BCUT2D eigenvalue weighted by molar-refractivity contribution is -0.150. The van der Waals surface area contributed by atoms with E-state index in [1.165, 1.54) is 51.4 Å². The predicted octanol–water partition coefficient (Wildman–Crippen LogP) is 4.63. The molecule has 0 radical (unpaired) electrons. The summed E-state index contributed by atoms with van der Waals surface area (Å²) >= 11 is 2.05. The van der Waals surface area contributed by atoms with E-state index in [-0.39, 0.29) is 0 Å². The Morgan fingerprint density at radius 3 is 2.33 bits per heavy atom. The summed E-state index contributed by atoms with van der Waals surface area (Å²) in [5, 5.41) is 3.96. The largest absolute Gasteiger partial charge is 0.378 e. The highest BCUT2D eigenvalue weighted by atomic mass is 32.2. The van der Waals surface area contributed by atoms with Crippen molar-refractivity contribution in [1.29, 1.82) is 0 Å². The Kier molecular flexibility index (Phi) is 6.46. The predicted molar refractivity (Wildman–Crippen MR) is 94.2 cm³/mol. The van der Waals surface area contributed by atoms with Crippen LogP contribution in [0.4, 0.5) is 0 Å². The van der Waals surface area contributed by atoms with Gasteiger partial charge in [0.25, 0.3) is 0 Å². The zero-order valence-electron chi connectivity index (χ0n) is 14.5. The van der Waals surface area contributed by atoms with Crippen LogP contribution in [0.15, 0.2) is 0 Å². The molecule has 0 saturated heterocycles. The second kappa shape index (κ2) is 7.70. The van der Waals surface area contributed by atoms with Gasteiger partial charge in [0.1, 0.15) is 0 Å². The van der Waals surface area contributed by atoms with Gasteiger partial charge >= 0.3 is 0 Å². The fraction of sp³-hybridized carbons (Fsp3) is 1.00. The van der Waals surface area contributed by atoms with Gasteiger partial charge in [0, 0.05) is 29.4 Å². The van der Waals surface area contributed by atoms with E-state index in [9.17, 15) is 0 Å². The van der Waals surface area contributed by atoms with Gasteiger partial charge in [0.2, 0.25) is 0 Å². The smallest absolute Gasteiger partial charge is 0.0661 e. The summed E-state index contributed by atoms with van der Waals surface area (Å²) in [5.74, 6) is 0. The van der Waals surface area contributed by atoms with Crippen LogP contribution in [0.25, 0.3) is 0 Å². The Hall–Kier alpha value is 0.270. The van der Waals surface area contributed by atoms with Crippen LogP contribution in [0.2, 0.25) is 0 Å². The highest BCUT2D eigenvalue weighted by Crippen LogP contribution is 2.53. The molecule has 2 atom stereocenters. The van der Waals surface area contributed by atoms with Crippen molar-refractivity contribution in [2.75, 3.05) is 19.4 Å². The van der Waals surface area contributed by atoms with Crippen LogP contribution >= 0.6 is 11.8 Å².